The van der Waals surface area contributed by atoms with Gasteiger partial charge >= 0.3 is 0 Å². The molecular weight excluding hydrogens is 466 g/mol. The lowest BCUT2D eigenvalue weighted by Crippen LogP contribution is -2.35. The van der Waals surface area contributed by atoms with Crippen molar-refractivity contribution in [1.82, 2.24) is 4.31 Å². The zero-order valence-corrected chi connectivity index (χ0v) is 20.6. The third kappa shape index (κ3) is 5.84. The molecule has 2 aromatic carbocycles. The average molecular weight is 496 g/mol. The maximum atomic E-state index is 13.0. The van der Waals surface area contributed by atoms with E-state index in [1.807, 2.05) is 0 Å². The predicted octanol–water partition coefficient (Wildman–Crippen LogP) is 3.19. The van der Waals surface area contributed by atoms with Crippen molar-refractivity contribution in [1.29, 1.82) is 0 Å². The minimum absolute atomic E-state index is 0.0852. The van der Waals surface area contributed by atoms with E-state index in [1.54, 1.807) is 13.0 Å². The van der Waals surface area contributed by atoms with Gasteiger partial charge in [0.2, 0.25) is 20.0 Å². The molecule has 0 aromatic heterocycles. The van der Waals surface area contributed by atoms with Crippen LogP contribution >= 0.6 is 0 Å². The van der Waals surface area contributed by atoms with E-state index in [-0.39, 0.29) is 27.6 Å². The van der Waals surface area contributed by atoms with Crippen LogP contribution in [0.3, 0.4) is 0 Å². The van der Waals surface area contributed by atoms with Crippen molar-refractivity contribution in [2.45, 2.75) is 38.0 Å². The first-order valence-electron chi connectivity index (χ1n) is 10.7. The van der Waals surface area contributed by atoms with Gasteiger partial charge in [-0.2, -0.15) is 4.31 Å². The second-order valence-corrected chi connectivity index (χ2v) is 11.8. The Morgan fingerprint density at radius 2 is 1.73 bits per heavy atom. The number of hydrogen-bond acceptors (Lipinski definition) is 6. The quantitative estimate of drug-likeness (QED) is 0.580. The van der Waals surface area contributed by atoms with Crippen molar-refractivity contribution in [3.63, 3.8) is 0 Å². The summed E-state index contributed by atoms with van der Waals surface area (Å²) in [4.78, 5) is 13.1. The molecule has 0 unspecified atom stereocenters. The maximum Gasteiger partial charge on any atom is 0.255 e. The molecule has 1 aliphatic heterocycles. The molecule has 2 N–H and O–H groups in total. The molecule has 2 aromatic rings. The Bertz CT molecular complexity index is 1240. The van der Waals surface area contributed by atoms with Crippen molar-refractivity contribution in [3.05, 3.63) is 47.5 Å². The number of ether oxygens (including phenoxy) is 1. The minimum Gasteiger partial charge on any atom is -0.494 e. The standard InChI is InChI=1S/C22H29N3O6S2/c1-4-32(27,28)24-20-11-9-17(14-21(20)31-3)23-22(26)19-15-18(10-8-16(19)2)33(29,30)25-12-6-5-7-13-25/h8-11,14-15,24H,4-7,12-13H2,1-3H3,(H,23,26). The van der Waals surface area contributed by atoms with Gasteiger partial charge in [-0.25, -0.2) is 16.8 Å². The molecule has 1 fully saturated rings. The Balaban J connectivity index is 1.85. The van der Waals surface area contributed by atoms with Crippen molar-refractivity contribution in [2.24, 2.45) is 0 Å². The molecule has 3 rings (SSSR count). The number of aryl methyl sites for hydroxylation is 1. The van der Waals surface area contributed by atoms with Gasteiger partial charge in [-0.1, -0.05) is 12.5 Å². The van der Waals surface area contributed by atoms with Crippen molar-refractivity contribution in [2.75, 3.05) is 36.0 Å². The summed E-state index contributed by atoms with van der Waals surface area (Å²) in [6, 6.07) is 9.07. The number of amides is 1. The molecule has 1 aliphatic rings. The van der Waals surface area contributed by atoms with Gasteiger partial charge in [0.15, 0.2) is 0 Å². The predicted molar refractivity (Wildman–Crippen MR) is 128 cm³/mol. The van der Waals surface area contributed by atoms with Crippen LogP contribution in [0.2, 0.25) is 0 Å². The molecule has 0 saturated carbocycles. The molecule has 0 radical (unpaired) electrons. The van der Waals surface area contributed by atoms with E-state index >= 15 is 0 Å². The molecule has 9 nitrogen and oxygen atoms in total. The van der Waals surface area contributed by atoms with Crippen LogP contribution in [0.5, 0.6) is 5.75 Å². The lowest BCUT2D eigenvalue weighted by Gasteiger charge is -2.26. The van der Waals surface area contributed by atoms with Crippen LogP contribution in [0.1, 0.15) is 42.1 Å². The number of rotatable bonds is 8. The highest BCUT2D eigenvalue weighted by Gasteiger charge is 2.27. The highest BCUT2D eigenvalue weighted by molar-refractivity contribution is 7.92. The van der Waals surface area contributed by atoms with Gasteiger partial charge in [0.25, 0.3) is 5.91 Å². The molecule has 1 heterocycles. The number of anilines is 2. The SMILES string of the molecule is CCS(=O)(=O)Nc1ccc(NC(=O)c2cc(S(=O)(=O)N3CCCCC3)ccc2C)cc1OC. The fourth-order valence-electron chi connectivity index (χ4n) is 3.55. The van der Waals surface area contributed by atoms with Crippen molar-refractivity contribution in [3.8, 4) is 5.75 Å². The molecule has 0 spiro atoms. The first-order chi connectivity index (χ1) is 15.6. The van der Waals surface area contributed by atoms with E-state index in [9.17, 15) is 21.6 Å². The molecule has 1 amide bonds. The fraction of sp³-hybridized carbons (Fsp3) is 0.409. The van der Waals surface area contributed by atoms with E-state index in [2.05, 4.69) is 10.0 Å². The zero-order chi connectivity index (χ0) is 24.2. The van der Waals surface area contributed by atoms with Gasteiger partial charge in [0.1, 0.15) is 5.75 Å². The maximum absolute atomic E-state index is 13.0. The molecule has 11 heteroatoms. The highest BCUT2D eigenvalue weighted by Crippen LogP contribution is 2.30. The summed E-state index contributed by atoms with van der Waals surface area (Å²) in [5.41, 5.74) is 1.50. The average Bonchev–Trinajstić information content (AvgIpc) is 2.80. The minimum atomic E-state index is -3.68. The second kappa shape index (κ2) is 10.1. The summed E-state index contributed by atoms with van der Waals surface area (Å²) in [6.07, 6.45) is 2.66. The Labute approximate surface area is 195 Å². The molecule has 0 atom stereocenters. The highest BCUT2D eigenvalue weighted by atomic mass is 32.2. The van der Waals surface area contributed by atoms with E-state index < -0.39 is 26.0 Å². The first kappa shape index (κ1) is 25.0. The lowest BCUT2D eigenvalue weighted by atomic mass is 10.1. The number of carbonyl (C=O) groups is 1. The number of methoxy groups -OCH3 is 1. The number of nitrogens with one attached hydrogen (secondary N) is 2. The Morgan fingerprint density at radius 3 is 2.36 bits per heavy atom. The summed E-state index contributed by atoms with van der Waals surface area (Å²) in [7, 11) is -5.78. The molecule has 33 heavy (non-hydrogen) atoms. The largest absolute Gasteiger partial charge is 0.494 e. The van der Waals surface area contributed by atoms with Crippen LogP contribution in [0.4, 0.5) is 11.4 Å². The number of sulfonamides is 2. The molecular formula is C22H29N3O6S2. The Kier molecular flexibility index (Phi) is 7.65. The van der Waals surface area contributed by atoms with Gasteiger partial charge in [-0.3, -0.25) is 9.52 Å². The lowest BCUT2D eigenvalue weighted by molar-refractivity contribution is 0.102. The molecule has 1 saturated heterocycles. The number of nitrogens with zero attached hydrogens (tertiary/aromatic N) is 1. The van der Waals surface area contributed by atoms with Crippen LogP contribution < -0.4 is 14.8 Å². The third-order valence-electron chi connectivity index (χ3n) is 5.51. The van der Waals surface area contributed by atoms with E-state index in [0.717, 1.165) is 19.3 Å². The summed E-state index contributed by atoms with van der Waals surface area (Å²) >= 11 is 0. The number of carbonyl (C=O) groups excluding carboxylic acids is 1. The Hall–Kier alpha value is -2.63. The van der Waals surface area contributed by atoms with Crippen LogP contribution in [0.15, 0.2) is 41.3 Å². The van der Waals surface area contributed by atoms with E-state index in [4.69, 9.17) is 4.74 Å². The van der Waals surface area contributed by atoms with Crippen LogP contribution in [0.25, 0.3) is 0 Å². The number of piperidine rings is 1. The van der Waals surface area contributed by atoms with Crippen LogP contribution in [0, 0.1) is 6.92 Å². The van der Waals surface area contributed by atoms with E-state index in [0.29, 0.717) is 24.3 Å². The normalized spacial score (nSPS) is 15.1. The number of hydrogen-bond donors (Lipinski definition) is 2. The summed E-state index contributed by atoms with van der Waals surface area (Å²) in [5, 5.41) is 2.73. The van der Waals surface area contributed by atoms with Gasteiger partial charge < -0.3 is 10.1 Å². The van der Waals surface area contributed by atoms with Gasteiger partial charge in [0.05, 0.1) is 23.4 Å². The Morgan fingerprint density at radius 1 is 1.03 bits per heavy atom. The van der Waals surface area contributed by atoms with Gasteiger partial charge in [0, 0.05) is 30.4 Å². The van der Waals surface area contributed by atoms with Crippen LogP contribution in [-0.4, -0.2) is 53.0 Å². The van der Waals surface area contributed by atoms with Crippen molar-refractivity contribution >= 4 is 37.3 Å². The monoisotopic (exact) mass is 495 g/mol. The molecule has 0 aliphatic carbocycles. The third-order valence-corrected chi connectivity index (χ3v) is 8.70. The summed E-state index contributed by atoms with van der Waals surface area (Å²) < 4.78 is 58.9. The van der Waals surface area contributed by atoms with Gasteiger partial charge in [-0.05, 0) is 56.5 Å². The number of benzene rings is 2. The second-order valence-electron chi connectivity index (χ2n) is 7.82. The zero-order valence-electron chi connectivity index (χ0n) is 18.9. The van der Waals surface area contributed by atoms with Gasteiger partial charge in [-0.15, -0.1) is 0 Å². The van der Waals surface area contributed by atoms with Crippen molar-refractivity contribution < 1.29 is 26.4 Å². The molecule has 0 bridgehead atoms. The fourth-order valence-corrected chi connectivity index (χ4v) is 5.74. The summed E-state index contributed by atoms with van der Waals surface area (Å²) in [5.74, 6) is -0.333. The smallest absolute Gasteiger partial charge is 0.255 e. The molecule has 180 valence electrons. The topological polar surface area (TPSA) is 122 Å². The summed E-state index contributed by atoms with van der Waals surface area (Å²) in [6.45, 7) is 4.21. The van der Waals surface area contributed by atoms with E-state index in [1.165, 1.54) is 48.7 Å². The first-order valence-corrected chi connectivity index (χ1v) is 13.8. The van der Waals surface area contributed by atoms with Crippen LogP contribution in [-0.2, 0) is 20.0 Å².